The van der Waals surface area contributed by atoms with Crippen molar-refractivity contribution in [3.05, 3.63) is 45.8 Å². The minimum Gasteiger partial charge on any atom is -0.380 e. The lowest BCUT2D eigenvalue weighted by atomic mass is 10.00. The Hall–Kier alpha value is -1.78. The molecular weight excluding hydrogens is 292 g/mol. The molecule has 0 radical (unpaired) electrons. The lowest BCUT2D eigenvalue weighted by Crippen LogP contribution is -1.90. The van der Waals surface area contributed by atoms with E-state index >= 15 is 0 Å². The minimum absolute atomic E-state index is 0.386. The smallest absolute Gasteiger partial charge is 0.188 e. The summed E-state index contributed by atoms with van der Waals surface area (Å²) in [5.41, 5.74) is 9.97. The van der Waals surface area contributed by atoms with Gasteiger partial charge in [0.05, 0.1) is 15.5 Å². The Balaban J connectivity index is 2.26. The quantitative estimate of drug-likeness (QED) is 0.731. The summed E-state index contributed by atoms with van der Waals surface area (Å²) in [6.45, 7) is 4.00. The van der Waals surface area contributed by atoms with Crippen LogP contribution in [-0.2, 0) is 0 Å². The number of hydrogen-bond acceptors (Lipinski definition) is 4. The summed E-state index contributed by atoms with van der Waals surface area (Å²) in [6.07, 6.45) is 0. The normalized spacial score (nSPS) is 10.9. The van der Waals surface area contributed by atoms with Gasteiger partial charge in [-0.2, -0.15) is 0 Å². The summed E-state index contributed by atoms with van der Waals surface area (Å²) in [5.74, 6) is 1.02. The van der Waals surface area contributed by atoms with Gasteiger partial charge in [-0.15, -0.1) is 11.3 Å². The molecule has 0 atom stereocenters. The summed E-state index contributed by atoms with van der Waals surface area (Å²) < 4.78 is 5.44. The van der Waals surface area contributed by atoms with Crippen LogP contribution in [0.25, 0.3) is 21.8 Å². The van der Waals surface area contributed by atoms with Crippen molar-refractivity contribution in [2.24, 2.45) is 0 Å². The van der Waals surface area contributed by atoms with E-state index in [1.807, 2.05) is 43.5 Å². The van der Waals surface area contributed by atoms with E-state index in [0.29, 0.717) is 16.6 Å². The summed E-state index contributed by atoms with van der Waals surface area (Å²) in [5, 5.41) is 6.60. The fourth-order valence-electron chi connectivity index (χ4n) is 2.15. The van der Waals surface area contributed by atoms with Crippen LogP contribution < -0.4 is 5.73 Å². The van der Waals surface area contributed by atoms with Crippen LogP contribution >= 0.6 is 22.9 Å². The van der Waals surface area contributed by atoms with Gasteiger partial charge in [-0.3, -0.25) is 0 Å². The number of anilines is 1. The molecule has 2 heterocycles. The molecule has 3 rings (SSSR count). The summed E-state index contributed by atoms with van der Waals surface area (Å²) in [7, 11) is 0. The molecule has 0 unspecified atom stereocenters. The molecule has 2 N–H and O–H groups in total. The van der Waals surface area contributed by atoms with Gasteiger partial charge in [0, 0.05) is 0 Å². The van der Waals surface area contributed by atoms with E-state index in [-0.39, 0.29) is 0 Å². The predicted octanol–water partition coefficient (Wildman–Crippen LogP) is 4.92. The molecule has 1 aromatic carbocycles. The standard InChI is InChI=1S/C15H13ClN2OS/c1-8-5-3-4-6-10(8)11-13(19-18-15(11)17)14-12(16)9(2)7-20-14/h3-7H,1-2H3,(H2,17,18). The molecule has 0 aliphatic rings. The topological polar surface area (TPSA) is 52.0 Å². The number of rotatable bonds is 2. The summed E-state index contributed by atoms with van der Waals surface area (Å²) in [6, 6.07) is 8.01. The molecule has 0 aliphatic carbocycles. The van der Waals surface area contributed by atoms with Crippen molar-refractivity contribution in [1.29, 1.82) is 0 Å². The highest BCUT2D eigenvalue weighted by atomic mass is 35.5. The Kier molecular flexibility index (Phi) is 3.28. The second-order valence-electron chi connectivity index (χ2n) is 4.65. The van der Waals surface area contributed by atoms with Gasteiger partial charge in [-0.1, -0.05) is 41.0 Å². The zero-order valence-electron chi connectivity index (χ0n) is 11.1. The molecule has 0 bridgehead atoms. The van der Waals surface area contributed by atoms with Gasteiger partial charge >= 0.3 is 0 Å². The van der Waals surface area contributed by atoms with Gasteiger partial charge in [-0.25, -0.2) is 0 Å². The van der Waals surface area contributed by atoms with E-state index < -0.39 is 0 Å². The second-order valence-corrected chi connectivity index (χ2v) is 5.91. The van der Waals surface area contributed by atoms with E-state index in [1.54, 1.807) is 0 Å². The highest BCUT2D eigenvalue weighted by Crippen LogP contribution is 2.44. The Morgan fingerprint density at radius 2 is 1.95 bits per heavy atom. The monoisotopic (exact) mass is 304 g/mol. The lowest BCUT2D eigenvalue weighted by Gasteiger charge is -2.05. The first-order valence-corrected chi connectivity index (χ1v) is 7.40. The van der Waals surface area contributed by atoms with Crippen molar-refractivity contribution in [3.8, 4) is 21.8 Å². The third-order valence-corrected chi connectivity index (χ3v) is 4.93. The van der Waals surface area contributed by atoms with Gasteiger partial charge in [-0.05, 0) is 35.9 Å². The molecule has 0 saturated carbocycles. The number of aromatic nitrogens is 1. The van der Waals surface area contributed by atoms with E-state index in [0.717, 1.165) is 27.1 Å². The molecule has 0 spiro atoms. The molecule has 20 heavy (non-hydrogen) atoms. The zero-order valence-corrected chi connectivity index (χ0v) is 12.7. The number of nitrogen functional groups attached to an aromatic ring is 1. The van der Waals surface area contributed by atoms with Crippen molar-refractivity contribution >= 4 is 28.8 Å². The highest BCUT2D eigenvalue weighted by molar-refractivity contribution is 7.14. The molecule has 0 aliphatic heterocycles. The Morgan fingerprint density at radius 1 is 1.20 bits per heavy atom. The molecule has 0 fully saturated rings. The second kappa shape index (κ2) is 4.96. The van der Waals surface area contributed by atoms with Crippen LogP contribution in [0.5, 0.6) is 0 Å². The van der Waals surface area contributed by atoms with Gasteiger partial charge in [0.1, 0.15) is 0 Å². The average Bonchev–Trinajstić information content (AvgIpc) is 2.95. The number of benzene rings is 1. The third-order valence-electron chi connectivity index (χ3n) is 3.24. The predicted molar refractivity (Wildman–Crippen MR) is 84.1 cm³/mol. The summed E-state index contributed by atoms with van der Waals surface area (Å²) in [4.78, 5) is 0.867. The number of hydrogen-bond donors (Lipinski definition) is 1. The van der Waals surface area contributed by atoms with Crippen LogP contribution in [-0.4, -0.2) is 5.16 Å². The maximum atomic E-state index is 6.33. The Labute approximate surface area is 126 Å². The fraction of sp³-hybridized carbons (Fsp3) is 0.133. The fourth-order valence-corrected chi connectivity index (χ4v) is 3.42. The molecule has 3 aromatic rings. The van der Waals surface area contributed by atoms with E-state index in [4.69, 9.17) is 21.9 Å². The average molecular weight is 305 g/mol. The van der Waals surface area contributed by atoms with Crippen LogP contribution in [0.2, 0.25) is 5.02 Å². The molecular formula is C15H13ClN2OS. The van der Waals surface area contributed by atoms with Crippen molar-refractivity contribution in [2.45, 2.75) is 13.8 Å². The van der Waals surface area contributed by atoms with Crippen LogP contribution in [0.1, 0.15) is 11.1 Å². The van der Waals surface area contributed by atoms with Gasteiger partial charge in [0.2, 0.25) is 0 Å². The van der Waals surface area contributed by atoms with Gasteiger partial charge in [0.25, 0.3) is 0 Å². The maximum absolute atomic E-state index is 6.33. The Bertz CT molecular complexity index is 776. The third kappa shape index (κ3) is 2.01. The van der Waals surface area contributed by atoms with Crippen LogP contribution in [0.15, 0.2) is 34.2 Å². The first kappa shape index (κ1) is 13.2. The van der Waals surface area contributed by atoms with Gasteiger partial charge < -0.3 is 10.3 Å². The van der Waals surface area contributed by atoms with Gasteiger partial charge in [0.15, 0.2) is 11.6 Å². The van der Waals surface area contributed by atoms with Crippen LogP contribution in [0.4, 0.5) is 5.82 Å². The van der Waals surface area contributed by atoms with Crippen molar-refractivity contribution in [1.82, 2.24) is 5.16 Å². The van der Waals surface area contributed by atoms with E-state index in [2.05, 4.69) is 5.16 Å². The first-order chi connectivity index (χ1) is 9.59. The number of nitrogens with two attached hydrogens (primary N) is 1. The number of aryl methyl sites for hydroxylation is 2. The van der Waals surface area contributed by atoms with Crippen molar-refractivity contribution in [2.75, 3.05) is 5.73 Å². The number of thiophene rings is 1. The van der Waals surface area contributed by atoms with E-state index in [1.165, 1.54) is 11.3 Å². The lowest BCUT2D eigenvalue weighted by molar-refractivity contribution is 0.437. The first-order valence-electron chi connectivity index (χ1n) is 6.14. The Morgan fingerprint density at radius 3 is 2.60 bits per heavy atom. The molecule has 102 valence electrons. The zero-order chi connectivity index (χ0) is 14.3. The number of nitrogens with zero attached hydrogens (tertiary/aromatic N) is 1. The number of halogens is 1. The van der Waals surface area contributed by atoms with Crippen LogP contribution in [0.3, 0.4) is 0 Å². The SMILES string of the molecule is Cc1ccccc1-c1c(N)noc1-c1scc(C)c1Cl. The van der Waals surface area contributed by atoms with E-state index in [9.17, 15) is 0 Å². The highest BCUT2D eigenvalue weighted by Gasteiger charge is 2.22. The van der Waals surface area contributed by atoms with Crippen molar-refractivity contribution < 1.29 is 4.52 Å². The van der Waals surface area contributed by atoms with Crippen LogP contribution in [0, 0.1) is 13.8 Å². The molecule has 3 nitrogen and oxygen atoms in total. The summed E-state index contributed by atoms with van der Waals surface area (Å²) >= 11 is 7.87. The molecule has 2 aromatic heterocycles. The largest absolute Gasteiger partial charge is 0.380 e. The molecule has 0 saturated heterocycles. The van der Waals surface area contributed by atoms with Crippen molar-refractivity contribution in [3.63, 3.8) is 0 Å². The maximum Gasteiger partial charge on any atom is 0.188 e. The molecule has 0 amide bonds. The molecule has 5 heteroatoms. The minimum atomic E-state index is 0.386.